The molecule has 0 spiro atoms. The summed E-state index contributed by atoms with van der Waals surface area (Å²) in [6.45, 7) is 6.91. The van der Waals surface area contributed by atoms with E-state index in [9.17, 15) is 0 Å². The summed E-state index contributed by atoms with van der Waals surface area (Å²) in [6, 6.07) is 10.6. The third-order valence-corrected chi connectivity index (χ3v) is 6.07. The van der Waals surface area contributed by atoms with E-state index in [1.807, 2.05) is 24.3 Å². The van der Waals surface area contributed by atoms with Crippen LogP contribution >= 0.6 is 11.6 Å². The Hall–Kier alpha value is -1.85. The van der Waals surface area contributed by atoms with E-state index in [0.29, 0.717) is 5.95 Å². The van der Waals surface area contributed by atoms with Gasteiger partial charge in [0.05, 0.1) is 0 Å². The summed E-state index contributed by atoms with van der Waals surface area (Å²) in [4.78, 5) is 14.7. The Balaban J connectivity index is 1.48. The molecule has 1 N–H and O–H groups in total. The van der Waals surface area contributed by atoms with Crippen LogP contribution in [0, 0.1) is 0 Å². The van der Waals surface area contributed by atoms with Gasteiger partial charge in [-0.05, 0) is 69.5 Å². The quantitative estimate of drug-likeness (QED) is 0.749. The van der Waals surface area contributed by atoms with Gasteiger partial charge in [0.1, 0.15) is 5.82 Å². The van der Waals surface area contributed by atoms with Crippen LogP contribution in [0.2, 0.25) is 5.02 Å². The van der Waals surface area contributed by atoms with Gasteiger partial charge in [-0.1, -0.05) is 24.9 Å². The van der Waals surface area contributed by atoms with Crippen LogP contribution in [0.15, 0.2) is 30.3 Å². The fourth-order valence-electron chi connectivity index (χ4n) is 4.31. The molecule has 2 aliphatic heterocycles. The normalized spacial score (nSPS) is 18.6. The van der Waals surface area contributed by atoms with Crippen molar-refractivity contribution >= 4 is 29.1 Å². The molecule has 0 bridgehead atoms. The van der Waals surface area contributed by atoms with Gasteiger partial charge in [0.25, 0.3) is 0 Å². The van der Waals surface area contributed by atoms with E-state index in [2.05, 4.69) is 28.1 Å². The second kappa shape index (κ2) is 9.10. The van der Waals surface area contributed by atoms with Crippen LogP contribution in [0.3, 0.4) is 0 Å². The molecule has 6 heteroatoms. The largest absolute Gasteiger partial charge is 0.356 e. The second-order valence-corrected chi connectivity index (χ2v) is 8.32. The van der Waals surface area contributed by atoms with E-state index in [4.69, 9.17) is 21.6 Å². The van der Waals surface area contributed by atoms with Gasteiger partial charge in [-0.25, -0.2) is 4.98 Å². The summed E-state index contributed by atoms with van der Waals surface area (Å²) in [5.41, 5.74) is 2.06. The van der Waals surface area contributed by atoms with Gasteiger partial charge in [-0.15, -0.1) is 0 Å². The van der Waals surface area contributed by atoms with Crippen LogP contribution in [-0.2, 0) is 6.42 Å². The van der Waals surface area contributed by atoms with Crippen LogP contribution in [0.25, 0.3) is 0 Å². The van der Waals surface area contributed by atoms with Crippen molar-refractivity contribution in [3.63, 3.8) is 0 Å². The Bertz CT molecular complexity index is 765. The summed E-state index contributed by atoms with van der Waals surface area (Å²) in [7, 11) is 0. The van der Waals surface area contributed by atoms with Crippen molar-refractivity contribution in [1.29, 1.82) is 0 Å². The Morgan fingerprint density at radius 3 is 2.43 bits per heavy atom. The predicted octanol–water partition coefficient (Wildman–Crippen LogP) is 4.89. The Kier molecular flexibility index (Phi) is 6.33. The Morgan fingerprint density at radius 1 is 1.04 bits per heavy atom. The minimum atomic E-state index is 0.671. The summed E-state index contributed by atoms with van der Waals surface area (Å²) in [5, 5.41) is 4.08. The van der Waals surface area contributed by atoms with Crippen LogP contribution in [0.4, 0.5) is 17.5 Å². The molecule has 2 saturated heterocycles. The molecule has 0 unspecified atom stereocenters. The highest BCUT2D eigenvalue weighted by molar-refractivity contribution is 6.30. The summed E-state index contributed by atoms with van der Waals surface area (Å²) >= 11 is 6.00. The van der Waals surface area contributed by atoms with Crippen molar-refractivity contribution in [3.05, 3.63) is 41.0 Å². The molecule has 2 fully saturated rings. The number of aromatic nitrogens is 2. The maximum Gasteiger partial charge on any atom is 0.229 e. The van der Waals surface area contributed by atoms with Gasteiger partial charge in [-0.3, -0.25) is 0 Å². The standard InChI is InChI=1S/C22H30ClN5/c1-2-5-19-16-21(26-22(25-19)24-18-8-6-17(23)7-9-18)28-14-10-20(11-15-28)27-12-3-4-13-27/h6-9,16,20H,2-5,10-15H2,1H3,(H,24,25,26). The molecule has 0 radical (unpaired) electrons. The van der Waals surface area contributed by atoms with E-state index < -0.39 is 0 Å². The first-order valence-corrected chi connectivity index (χ1v) is 11.0. The number of rotatable bonds is 6. The van der Waals surface area contributed by atoms with Crippen LogP contribution in [-0.4, -0.2) is 47.1 Å². The number of hydrogen-bond donors (Lipinski definition) is 1. The van der Waals surface area contributed by atoms with E-state index in [1.165, 1.54) is 38.8 Å². The average molecular weight is 400 g/mol. The first kappa shape index (κ1) is 19.5. The molecule has 0 saturated carbocycles. The van der Waals surface area contributed by atoms with Crippen molar-refractivity contribution in [2.45, 2.75) is 51.5 Å². The molecular weight excluding hydrogens is 370 g/mol. The zero-order valence-corrected chi connectivity index (χ0v) is 17.5. The highest BCUT2D eigenvalue weighted by Crippen LogP contribution is 2.26. The third kappa shape index (κ3) is 4.76. The van der Waals surface area contributed by atoms with Gasteiger partial charge in [0.2, 0.25) is 5.95 Å². The van der Waals surface area contributed by atoms with E-state index in [1.54, 1.807) is 0 Å². The van der Waals surface area contributed by atoms with Gasteiger partial charge in [-0.2, -0.15) is 4.98 Å². The van der Waals surface area contributed by atoms with Gasteiger partial charge >= 0.3 is 0 Å². The zero-order valence-electron chi connectivity index (χ0n) is 16.7. The molecule has 3 heterocycles. The molecule has 5 nitrogen and oxygen atoms in total. The highest BCUT2D eigenvalue weighted by atomic mass is 35.5. The summed E-state index contributed by atoms with van der Waals surface area (Å²) in [6.07, 6.45) is 7.24. The molecule has 150 valence electrons. The molecule has 28 heavy (non-hydrogen) atoms. The molecule has 1 aromatic carbocycles. The van der Waals surface area contributed by atoms with Crippen molar-refractivity contribution < 1.29 is 0 Å². The number of halogens is 1. The minimum absolute atomic E-state index is 0.671. The number of nitrogens with one attached hydrogen (secondary N) is 1. The lowest BCUT2D eigenvalue weighted by Crippen LogP contribution is -2.44. The number of hydrogen-bond acceptors (Lipinski definition) is 5. The van der Waals surface area contributed by atoms with E-state index in [-0.39, 0.29) is 0 Å². The number of nitrogens with zero attached hydrogens (tertiary/aromatic N) is 4. The predicted molar refractivity (Wildman–Crippen MR) is 117 cm³/mol. The minimum Gasteiger partial charge on any atom is -0.356 e. The van der Waals surface area contributed by atoms with Gasteiger partial charge in [0, 0.05) is 41.6 Å². The maximum atomic E-state index is 6.00. The molecule has 4 rings (SSSR count). The summed E-state index contributed by atoms with van der Waals surface area (Å²) in [5.74, 6) is 1.72. The number of aryl methyl sites for hydroxylation is 1. The second-order valence-electron chi connectivity index (χ2n) is 7.88. The van der Waals surface area contributed by atoms with Crippen molar-refractivity contribution in [2.75, 3.05) is 36.4 Å². The third-order valence-electron chi connectivity index (χ3n) is 5.82. The monoisotopic (exact) mass is 399 g/mol. The smallest absolute Gasteiger partial charge is 0.229 e. The molecule has 2 aromatic rings. The fourth-order valence-corrected chi connectivity index (χ4v) is 4.44. The molecule has 0 atom stereocenters. The molecular formula is C22H30ClN5. The Labute approximate surface area is 173 Å². The lowest BCUT2D eigenvalue weighted by Gasteiger charge is -2.37. The van der Waals surface area contributed by atoms with E-state index in [0.717, 1.165) is 54.2 Å². The van der Waals surface area contributed by atoms with Crippen molar-refractivity contribution in [2.24, 2.45) is 0 Å². The molecule has 2 aliphatic rings. The molecule has 0 amide bonds. The Morgan fingerprint density at radius 2 is 1.75 bits per heavy atom. The average Bonchev–Trinajstić information content (AvgIpc) is 3.25. The highest BCUT2D eigenvalue weighted by Gasteiger charge is 2.27. The van der Waals surface area contributed by atoms with Gasteiger partial charge < -0.3 is 15.1 Å². The number of piperidine rings is 1. The van der Waals surface area contributed by atoms with Crippen molar-refractivity contribution in [3.8, 4) is 0 Å². The molecule has 0 aliphatic carbocycles. The zero-order chi connectivity index (χ0) is 19.3. The number of anilines is 3. The lowest BCUT2D eigenvalue weighted by atomic mass is 10.0. The SMILES string of the molecule is CCCc1cc(N2CCC(N3CCCC3)CC2)nc(Nc2ccc(Cl)cc2)n1. The first-order chi connectivity index (χ1) is 13.7. The number of likely N-dealkylation sites (tertiary alicyclic amines) is 1. The van der Waals surface area contributed by atoms with E-state index >= 15 is 0 Å². The first-order valence-electron chi connectivity index (χ1n) is 10.6. The topological polar surface area (TPSA) is 44.3 Å². The van der Waals surface area contributed by atoms with Crippen LogP contribution in [0.1, 0.15) is 44.7 Å². The molecule has 1 aromatic heterocycles. The summed E-state index contributed by atoms with van der Waals surface area (Å²) < 4.78 is 0. The van der Waals surface area contributed by atoms with Gasteiger partial charge in [0.15, 0.2) is 0 Å². The van der Waals surface area contributed by atoms with Crippen molar-refractivity contribution in [1.82, 2.24) is 14.9 Å². The number of benzene rings is 1. The maximum absolute atomic E-state index is 6.00. The van der Waals surface area contributed by atoms with Crippen LogP contribution in [0.5, 0.6) is 0 Å². The fraction of sp³-hybridized carbons (Fsp3) is 0.545. The lowest BCUT2D eigenvalue weighted by molar-refractivity contribution is 0.207. The van der Waals surface area contributed by atoms with Crippen LogP contribution < -0.4 is 10.2 Å².